The lowest BCUT2D eigenvalue weighted by Crippen LogP contribution is -2.11. The zero-order valence-electron chi connectivity index (χ0n) is 11.4. The van der Waals surface area contributed by atoms with Crippen LogP contribution in [0.4, 0.5) is 0 Å². The number of aryl methyl sites for hydroxylation is 2. The quantitative estimate of drug-likeness (QED) is 0.885. The minimum absolute atomic E-state index is 0.291. The van der Waals surface area contributed by atoms with E-state index in [9.17, 15) is 5.11 Å². The number of benzene rings is 1. The van der Waals surface area contributed by atoms with Crippen LogP contribution < -0.4 is 4.74 Å². The molecule has 0 spiro atoms. The van der Waals surface area contributed by atoms with Crippen molar-refractivity contribution in [1.29, 1.82) is 0 Å². The third kappa shape index (κ3) is 1.93. The molecule has 2 saturated carbocycles. The van der Waals surface area contributed by atoms with Crippen LogP contribution in [0.3, 0.4) is 0 Å². The summed E-state index contributed by atoms with van der Waals surface area (Å²) in [5, 5.41) is 10.5. The lowest BCUT2D eigenvalue weighted by molar-refractivity contribution is 0.104. The molecule has 0 aliphatic heterocycles. The first-order valence-electron chi connectivity index (χ1n) is 6.93. The minimum atomic E-state index is -0.291. The summed E-state index contributed by atoms with van der Waals surface area (Å²) in [7, 11) is 1.70. The number of ether oxygens (including phenoxy) is 1. The molecule has 2 nitrogen and oxygen atoms in total. The zero-order valence-corrected chi connectivity index (χ0v) is 11.4. The lowest BCUT2D eigenvalue weighted by Gasteiger charge is -2.21. The fraction of sp³-hybridized carbons (Fsp3) is 0.625. The van der Waals surface area contributed by atoms with Crippen molar-refractivity contribution in [2.75, 3.05) is 7.11 Å². The lowest BCUT2D eigenvalue weighted by atomic mass is 9.90. The van der Waals surface area contributed by atoms with Crippen molar-refractivity contribution in [2.45, 2.75) is 39.2 Å². The van der Waals surface area contributed by atoms with Gasteiger partial charge in [-0.05, 0) is 79.7 Å². The van der Waals surface area contributed by atoms with Crippen LogP contribution in [-0.2, 0) is 0 Å². The Morgan fingerprint density at radius 1 is 1.11 bits per heavy atom. The molecule has 0 radical (unpaired) electrons. The Morgan fingerprint density at radius 2 is 1.67 bits per heavy atom. The summed E-state index contributed by atoms with van der Waals surface area (Å²) in [5.41, 5.74) is 3.31. The number of hydrogen-bond donors (Lipinski definition) is 1. The van der Waals surface area contributed by atoms with Crippen molar-refractivity contribution < 1.29 is 9.84 Å². The molecule has 3 rings (SSSR count). The Morgan fingerprint density at radius 3 is 2.17 bits per heavy atom. The van der Waals surface area contributed by atoms with Gasteiger partial charge < -0.3 is 9.84 Å². The van der Waals surface area contributed by atoms with E-state index in [2.05, 4.69) is 12.1 Å². The fourth-order valence-corrected chi connectivity index (χ4v) is 3.77. The van der Waals surface area contributed by atoms with Crippen LogP contribution in [0.5, 0.6) is 5.75 Å². The smallest absolute Gasteiger partial charge is 0.124 e. The summed E-state index contributed by atoms with van der Waals surface area (Å²) >= 11 is 0. The van der Waals surface area contributed by atoms with Crippen LogP contribution in [0.15, 0.2) is 12.1 Å². The molecule has 2 aliphatic carbocycles. The van der Waals surface area contributed by atoms with Crippen molar-refractivity contribution in [3.63, 3.8) is 0 Å². The molecule has 0 heterocycles. The molecule has 2 fully saturated rings. The van der Waals surface area contributed by atoms with Crippen molar-refractivity contribution >= 4 is 0 Å². The Balaban J connectivity index is 1.83. The minimum Gasteiger partial charge on any atom is -0.496 e. The van der Waals surface area contributed by atoms with E-state index >= 15 is 0 Å². The van der Waals surface area contributed by atoms with Crippen LogP contribution in [-0.4, -0.2) is 12.2 Å². The molecular formula is C16H22O2. The first kappa shape index (κ1) is 12.0. The third-order valence-corrected chi connectivity index (χ3v) is 4.75. The average Bonchev–Trinajstić information content (AvgIpc) is 2.95. The second kappa shape index (κ2) is 4.27. The Labute approximate surface area is 109 Å². The summed E-state index contributed by atoms with van der Waals surface area (Å²) < 4.78 is 5.38. The first-order valence-corrected chi connectivity index (χ1v) is 6.93. The van der Waals surface area contributed by atoms with Gasteiger partial charge in [-0.15, -0.1) is 0 Å². The van der Waals surface area contributed by atoms with Crippen LogP contribution >= 0.6 is 0 Å². The molecule has 0 saturated heterocycles. The maximum absolute atomic E-state index is 10.5. The van der Waals surface area contributed by atoms with Gasteiger partial charge in [-0.1, -0.05) is 0 Å². The predicted molar refractivity (Wildman–Crippen MR) is 71.7 cm³/mol. The van der Waals surface area contributed by atoms with Crippen molar-refractivity contribution in [2.24, 2.45) is 17.8 Å². The average molecular weight is 246 g/mol. The third-order valence-electron chi connectivity index (χ3n) is 4.75. The summed E-state index contributed by atoms with van der Waals surface area (Å²) in [4.78, 5) is 0. The van der Waals surface area contributed by atoms with Crippen LogP contribution in [0.25, 0.3) is 0 Å². The van der Waals surface area contributed by atoms with Gasteiger partial charge in [0.15, 0.2) is 0 Å². The topological polar surface area (TPSA) is 29.5 Å². The molecule has 3 atom stereocenters. The molecule has 3 unspecified atom stereocenters. The number of hydrogen-bond acceptors (Lipinski definition) is 2. The highest BCUT2D eigenvalue weighted by atomic mass is 16.5. The number of rotatable bonds is 3. The molecule has 0 aromatic heterocycles. The Hall–Kier alpha value is -1.02. The highest BCUT2D eigenvalue weighted by molar-refractivity contribution is 5.44. The molecule has 2 heteroatoms. The van der Waals surface area contributed by atoms with E-state index < -0.39 is 0 Å². The fourth-order valence-electron chi connectivity index (χ4n) is 3.77. The maximum atomic E-state index is 10.5. The normalized spacial score (nSPS) is 31.0. The van der Waals surface area contributed by atoms with E-state index in [0.717, 1.165) is 34.3 Å². The van der Waals surface area contributed by atoms with Gasteiger partial charge in [0.2, 0.25) is 0 Å². The summed E-state index contributed by atoms with van der Waals surface area (Å²) in [6.07, 6.45) is 3.55. The second-order valence-electron chi connectivity index (χ2n) is 6.12. The van der Waals surface area contributed by atoms with E-state index in [1.807, 2.05) is 13.8 Å². The van der Waals surface area contributed by atoms with E-state index in [1.165, 1.54) is 19.3 Å². The Bertz CT molecular complexity index is 433. The molecular weight excluding hydrogens is 224 g/mol. The highest BCUT2D eigenvalue weighted by Crippen LogP contribution is 2.57. The molecule has 2 aliphatic rings. The maximum Gasteiger partial charge on any atom is 0.124 e. The number of aliphatic hydroxyl groups is 1. The molecule has 1 aromatic rings. The van der Waals surface area contributed by atoms with E-state index in [0.29, 0.717) is 5.92 Å². The monoisotopic (exact) mass is 246 g/mol. The predicted octanol–water partition coefficient (Wildman–Crippen LogP) is 3.39. The SMILES string of the molecule is COc1c(C)cc(C(O)C2CC3CC3C2)cc1C. The number of fused-ring (bicyclic) bond motifs is 1. The summed E-state index contributed by atoms with van der Waals surface area (Å²) in [6.45, 7) is 4.10. The van der Waals surface area contributed by atoms with Gasteiger partial charge in [0.1, 0.15) is 5.75 Å². The van der Waals surface area contributed by atoms with Gasteiger partial charge in [0.05, 0.1) is 13.2 Å². The van der Waals surface area contributed by atoms with Crippen LogP contribution in [0.1, 0.15) is 42.1 Å². The largest absolute Gasteiger partial charge is 0.496 e. The summed E-state index contributed by atoms with van der Waals surface area (Å²) in [5.74, 6) is 3.26. The molecule has 1 N–H and O–H groups in total. The second-order valence-corrected chi connectivity index (χ2v) is 6.12. The molecule has 0 bridgehead atoms. The van der Waals surface area contributed by atoms with Gasteiger partial charge in [-0.2, -0.15) is 0 Å². The van der Waals surface area contributed by atoms with Gasteiger partial charge in [-0.3, -0.25) is 0 Å². The van der Waals surface area contributed by atoms with Crippen LogP contribution in [0, 0.1) is 31.6 Å². The number of methoxy groups -OCH3 is 1. The van der Waals surface area contributed by atoms with Crippen molar-refractivity contribution in [3.05, 3.63) is 28.8 Å². The van der Waals surface area contributed by atoms with E-state index in [4.69, 9.17) is 4.74 Å². The molecule has 0 amide bonds. The van der Waals surface area contributed by atoms with Crippen molar-refractivity contribution in [3.8, 4) is 5.75 Å². The highest BCUT2D eigenvalue weighted by Gasteiger charge is 2.47. The zero-order chi connectivity index (χ0) is 12.9. The standard InChI is InChI=1S/C16H22O2/c1-9-4-13(5-10(2)16(9)18-3)15(17)14-7-11-6-12(11)8-14/h4-5,11-12,14-15,17H,6-8H2,1-3H3. The van der Waals surface area contributed by atoms with Gasteiger partial charge in [0, 0.05) is 0 Å². The summed E-state index contributed by atoms with van der Waals surface area (Å²) in [6, 6.07) is 4.17. The first-order chi connectivity index (χ1) is 8.60. The van der Waals surface area contributed by atoms with E-state index in [-0.39, 0.29) is 6.10 Å². The van der Waals surface area contributed by atoms with Gasteiger partial charge >= 0.3 is 0 Å². The van der Waals surface area contributed by atoms with Gasteiger partial charge in [0.25, 0.3) is 0 Å². The Kier molecular flexibility index (Phi) is 2.86. The molecule has 98 valence electrons. The van der Waals surface area contributed by atoms with Gasteiger partial charge in [-0.25, -0.2) is 0 Å². The number of aliphatic hydroxyl groups excluding tert-OH is 1. The van der Waals surface area contributed by atoms with Crippen LogP contribution in [0.2, 0.25) is 0 Å². The van der Waals surface area contributed by atoms with Crippen molar-refractivity contribution in [1.82, 2.24) is 0 Å². The van der Waals surface area contributed by atoms with E-state index in [1.54, 1.807) is 7.11 Å². The molecule has 18 heavy (non-hydrogen) atoms. The molecule has 1 aromatic carbocycles.